The van der Waals surface area contributed by atoms with E-state index in [4.69, 9.17) is 4.74 Å². The van der Waals surface area contributed by atoms with Gasteiger partial charge in [-0.25, -0.2) is 8.42 Å². The Morgan fingerprint density at radius 3 is 2.29 bits per heavy atom. The molecule has 8 nitrogen and oxygen atoms in total. The lowest BCUT2D eigenvalue weighted by Crippen LogP contribution is -2.51. The predicted molar refractivity (Wildman–Crippen MR) is 163 cm³/mol. The Kier molecular flexibility index (Phi) is 12.2. The number of amides is 2. The Bertz CT molecular complexity index is 1240. The SMILES string of the molecule is CCCS(=O)(=O)N(CCC(C)C)CC(=O)N(Cc1ccccc1C)C1CCN(C(=O)Cc2ccc(OC)cc2)CC1. The van der Waals surface area contributed by atoms with Crippen LogP contribution in [-0.2, 0) is 32.6 Å². The summed E-state index contributed by atoms with van der Waals surface area (Å²) in [5.74, 6) is 0.999. The van der Waals surface area contributed by atoms with Gasteiger partial charge in [-0.2, -0.15) is 4.31 Å². The molecular formula is C32H47N3O5S. The molecule has 1 fully saturated rings. The molecule has 0 saturated carbocycles. The van der Waals surface area contributed by atoms with Gasteiger partial charge >= 0.3 is 0 Å². The quantitative estimate of drug-likeness (QED) is 0.322. The van der Waals surface area contributed by atoms with E-state index in [1.807, 2.05) is 72.2 Å². The van der Waals surface area contributed by atoms with Crippen molar-refractivity contribution in [1.29, 1.82) is 0 Å². The van der Waals surface area contributed by atoms with Gasteiger partial charge in [0.1, 0.15) is 5.75 Å². The van der Waals surface area contributed by atoms with Crippen molar-refractivity contribution < 1.29 is 22.7 Å². The number of hydrogen-bond acceptors (Lipinski definition) is 5. The topological polar surface area (TPSA) is 87.2 Å². The zero-order valence-electron chi connectivity index (χ0n) is 25.3. The first kappa shape index (κ1) is 32.6. The van der Waals surface area contributed by atoms with Crippen molar-refractivity contribution in [3.8, 4) is 5.75 Å². The molecule has 1 aliphatic rings. The predicted octanol–water partition coefficient (Wildman–Crippen LogP) is 4.65. The van der Waals surface area contributed by atoms with Gasteiger partial charge in [-0.1, -0.05) is 57.2 Å². The molecule has 1 heterocycles. The number of benzene rings is 2. The summed E-state index contributed by atoms with van der Waals surface area (Å²) in [5, 5.41) is 0. The lowest BCUT2D eigenvalue weighted by atomic mass is 10.00. The highest BCUT2D eigenvalue weighted by atomic mass is 32.2. The van der Waals surface area contributed by atoms with Crippen LogP contribution >= 0.6 is 0 Å². The van der Waals surface area contributed by atoms with E-state index in [0.29, 0.717) is 64.2 Å². The van der Waals surface area contributed by atoms with Gasteiger partial charge in [0.2, 0.25) is 21.8 Å². The average molecular weight is 586 g/mol. The molecule has 0 radical (unpaired) electrons. The van der Waals surface area contributed by atoms with E-state index in [1.54, 1.807) is 7.11 Å². The molecule has 2 aromatic carbocycles. The number of nitrogens with zero attached hydrogens (tertiary/aromatic N) is 3. The van der Waals surface area contributed by atoms with Crippen LogP contribution < -0.4 is 4.74 Å². The van der Waals surface area contributed by atoms with Gasteiger partial charge in [0, 0.05) is 32.2 Å². The van der Waals surface area contributed by atoms with Crippen LogP contribution in [0.3, 0.4) is 0 Å². The lowest BCUT2D eigenvalue weighted by molar-refractivity contribution is -0.137. The molecule has 0 aliphatic carbocycles. The molecule has 0 atom stereocenters. The van der Waals surface area contributed by atoms with E-state index in [0.717, 1.165) is 22.4 Å². The summed E-state index contributed by atoms with van der Waals surface area (Å²) in [6.45, 7) is 9.70. The Hall–Kier alpha value is -2.91. The van der Waals surface area contributed by atoms with Crippen LogP contribution in [0.5, 0.6) is 5.75 Å². The molecule has 0 aromatic heterocycles. The minimum Gasteiger partial charge on any atom is -0.497 e. The first-order valence-corrected chi connectivity index (χ1v) is 16.4. The summed E-state index contributed by atoms with van der Waals surface area (Å²) in [4.78, 5) is 30.7. The van der Waals surface area contributed by atoms with Gasteiger partial charge in [-0.05, 0) is 67.3 Å². The largest absolute Gasteiger partial charge is 0.497 e. The second-order valence-corrected chi connectivity index (χ2v) is 13.5. The summed E-state index contributed by atoms with van der Waals surface area (Å²) in [6, 6.07) is 15.4. The zero-order chi connectivity index (χ0) is 30.0. The summed E-state index contributed by atoms with van der Waals surface area (Å²) in [5.41, 5.74) is 3.07. The number of carbonyl (C=O) groups is 2. The summed E-state index contributed by atoms with van der Waals surface area (Å²) < 4.78 is 32.8. The molecule has 0 unspecified atom stereocenters. The number of methoxy groups -OCH3 is 1. The molecule has 41 heavy (non-hydrogen) atoms. The van der Waals surface area contributed by atoms with Crippen molar-refractivity contribution in [2.75, 3.05) is 39.0 Å². The van der Waals surface area contributed by atoms with Crippen LogP contribution in [0.2, 0.25) is 0 Å². The van der Waals surface area contributed by atoms with Crippen molar-refractivity contribution in [2.24, 2.45) is 5.92 Å². The maximum Gasteiger partial charge on any atom is 0.238 e. The highest BCUT2D eigenvalue weighted by Crippen LogP contribution is 2.23. The first-order chi connectivity index (χ1) is 19.5. The molecule has 2 amide bonds. The molecule has 2 aromatic rings. The molecule has 0 bridgehead atoms. The summed E-state index contributed by atoms with van der Waals surface area (Å²) in [7, 11) is -1.92. The van der Waals surface area contributed by atoms with E-state index < -0.39 is 10.0 Å². The lowest BCUT2D eigenvalue weighted by Gasteiger charge is -2.39. The number of likely N-dealkylation sites (tertiary alicyclic amines) is 1. The van der Waals surface area contributed by atoms with Gasteiger partial charge in [-0.3, -0.25) is 9.59 Å². The van der Waals surface area contributed by atoms with Crippen molar-refractivity contribution >= 4 is 21.8 Å². The number of sulfonamides is 1. The molecule has 226 valence electrons. The fraction of sp³-hybridized carbons (Fsp3) is 0.562. The smallest absolute Gasteiger partial charge is 0.238 e. The van der Waals surface area contributed by atoms with Gasteiger partial charge in [0.05, 0.1) is 25.8 Å². The molecule has 3 rings (SSSR count). The maximum atomic E-state index is 13.9. The molecule has 1 aliphatic heterocycles. The van der Waals surface area contributed by atoms with Gasteiger partial charge in [0.15, 0.2) is 0 Å². The standard InChI is InChI=1S/C32H47N3O5S/c1-6-21-41(38,39)34(20-15-25(2)3)24-32(37)35(23-28-10-8-7-9-26(28)4)29-16-18-33(19-17-29)31(36)22-27-11-13-30(40-5)14-12-27/h7-14,25,29H,6,15-24H2,1-5H3. The van der Waals surface area contributed by atoms with Crippen LogP contribution in [0.4, 0.5) is 0 Å². The van der Waals surface area contributed by atoms with E-state index in [1.165, 1.54) is 4.31 Å². The fourth-order valence-corrected chi connectivity index (χ4v) is 6.66. The molecule has 0 N–H and O–H groups in total. The van der Waals surface area contributed by atoms with Crippen molar-refractivity contribution in [3.63, 3.8) is 0 Å². The normalized spacial score (nSPS) is 14.5. The van der Waals surface area contributed by atoms with E-state index in [-0.39, 0.29) is 30.2 Å². The third-order valence-electron chi connectivity index (χ3n) is 7.82. The third-order valence-corrected chi connectivity index (χ3v) is 9.84. The Morgan fingerprint density at radius 1 is 1.05 bits per heavy atom. The second kappa shape index (κ2) is 15.4. The number of aryl methyl sites for hydroxylation is 1. The second-order valence-electron chi connectivity index (χ2n) is 11.4. The molecule has 1 saturated heterocycles. The zero-order valence-corrected chi connectivity index (χ0v) is 26.2. The van der Waals surface area contributed by atoms with Crippen LogP contribution in [0.25, 0.3) is 0 Å². The molecular weight excluding hydrogens is 538 g/mol. The van der Waals surface area contributed by atoms with Crippen LogP contribution in [0.15, 0.2) is 48.5 Å². The van der Waals surface area contributed by atoms with Crippen LogP contribution in [0.1, 0.15) is 63.1 Å². The number of rotatable bonds is 14. The molecule has 9 heteroatoms. The monoisotopic (exact) mass is 585 g/mol. The first-order valence-electron chi connectivity index (χ1n) is 14.8. The summed E-state index contributed by atoms with van der Waals surface area (Å²) >= 11 is 0. The Balaban J connectivity index is 1.74. The Morgan fingerprint density at radius 2 is 1.71 bits per heavy atom. The minimum atomic E-state index is -3.54. The van der Waals surface area contributed by atoms with E-state index in [2.05, 4.69) is 13.8 Å². The minimum absolute atomic E-state index is 0.0326. The Labute approximate surface area is 246 Å². The fourth-order valence-electron chi connectivity index (χ4n) is 5.20. The number of ether oxygens (including phenoxy) is 1. The van der Waals surface area contributed by atoms with Crippen molar-refractivity contribution in [1.82, 2.24) is 14.1 Å². The van der Waals surface area contributed by atoms with Gasteiger partial charge in [0.25, 0.3) is 0 Å². The van der Waals surface area contributed by atoms with Gasteiger partial charge in [-0.15, -0.1) is 0 Å². The van der Waals surface area contributed by atoms with Crippen molar-refractivity contribution in [3.05, 3.63) is 65.2 Å². The van der Waals surface area contributed by atoms with Crippen molar-refractivity contribution in [2.45, 2.75) is 72.4 Å². The summed E-state index contributed by atoms with van der Waals surface area (Å²) in [6.07, 6.45) is 2.83. The van der Waals surface area contributed by atoms with E-state index in [9.17, 15) is 18.0 Å². The maximum absolute atomic E-state index is 13.9. The number of carbonyl (C=O) groups excluding carboxylic acids is 2. The number of hydrogen-bond donors (Lipinski definition) is 0. The average Bonchev–Trinajstić information content (AvgIpc) is 2.95. The number of piperidine rings is 1. The third kappa shape index (κ3) is 9.57. The van der Waals surface area contributed by atoms with Gasteiger partial charge < -0.3 is 14.5 Å². The van der Waals surface area contributed by atoms with Crippen LogP contribution in [0, 0.1) is 12.8 Å². The highest BCUT2D eigenvalue weighted by molar-refractivity contribution is 7.89. The highest BCUT2D eigenvalue weighted by Gasteiger charge is 2.33. The van der Waals surface area contributed by atoms with Crippen LogP contribution in [-0.4, -0.2) is 79.4 Å². The van der Waals surface area contributed by atoms with E-state index >= 15 is 0 Å². The molecule has 0 spiro atoms.